The molecular weight excluding hydrogens is 174 g/mol. The molecule has 0 saturated carbocycles. The maximum atomic E-state index is 4.91. The van der Waals surface area contributed by atoms with Crippen LogP contribution in [-0.4, -0.2) is 13.7 Å². The molecule has 0 fully saturated rings. The average molecular weight is 191 g/mol. The summed E-state index contributed by atoms with van der Waals surface area (Å²) in [6.07, 6.45) is 3.81. The van der Waals surface area contributed by atoms with Crippen LogP contribution in [0.2, 0.25) is 0 Å². The van der Waals surface area contributed by atoms with Crippen molar-refractivity contribution >= 4 is 0 Å². The molecule has 1 unspecified atom stereocenters. The van der Waals surface area contributed by atoms with Gasteiger partial charge < -0.3 is 4.84 Å². The molecule has 1 aliphatic carbocycles. The van der Waals surface area contributed by atoms with Crippen LogP contribution in [0.3, 0.4) is 0 Å². The van der Waals surface area contributed by atoms with Crippen molar-refractivity contribution in [3.05, 3.63) is 35.4 Å². The van der Waals surface area contributed by atoms with E-state index < -0.39 is 0 Å². The van der Waals surface area contributed by atoms with Crippen molar-refractivity contribution in [3.63, 3.8) is 0 Å². The Bertz CT molecular complexity index is 298. The van der Waals surface area contributed by atoms with Gasteiger partial charge in [-0.1, -0.05) is 24.3 Å². The molecule has 76 valence electrons. The number of hydrogen-bond donors (Lipinski definition) is 1. The van der Waals surface area contributed by atoms with Gasteiger partial charge in [-0.3, -0.25) is 0 Å². The van der Waals surface area contributed by atoms with Crippen LogP contribution in [0.1, 0.15) is 29.9 Å². The molecule has 0 amide bonds. The summed E-state index contributed by atoms with van der Waals surface area (Å²) in [4.78, 5) is 4.91. The number of rotatable bonds is 3. The fourth-order valence-electron chi connectivity index (χ4n) is 2.25. The minimum Gasteiger partial charge on any atom is -0.305 e. The molecule has 1 atom stereocenters. The molecule has 2 rings (SSSR count). The van der Waals surface area contributed by atoms with Gasteiger partial charge >= 0.3 is 0 Å². The number of hydroxylamine groups is 1. The zero-order chi connectivity index (χ0) is 9.80. The first-order chi connectivity index (χ1) is 6.92. The third kappa shape index (κ3) is 1.97. The monoisotopic (exact) mass is 191 g/mol. The van der Waals surface area contributed by atoms with Crippen molar-refractivity contribution in [1.29, 1.82) is 0 Å². The zero-order valence-corrected chi connectivity index (χ0v) is 8.62. The summed E-state index contributed by atoms with van der Waals surface area (Å²) in [5.74, 6) is 0.625. The summed E-state index contributed by atoms with van der Waals surface area (Å²) in [5.41, 5.74) is 5.98. The predicted molar refractivity (Wildman–Crippen MR) is 57.1 cm³/mol. The summed E-state index contributed by atoms with van der Waals surface area (Å²) in [5, 5.41) is 0. The van der Waals surface area contributed by atoms with E-state index in [4.69, 9.17) is 4.84 Å². The molecule has 1 aromatic carbocycles. The fourth-order valence-corrected chi connectivity index (χ4v) is 2.25. The molecule has 14 heavy (non-hydrogen) atoms. The largest absolute Gasteiger partial charge is 0.305 e. The summed E-state index contributed by atoms with van der Waals surface area (Å²) < 4.78 is 0. The van der Waals surface area contributed by atoms with Crippen LogP contribution in [0.4, 0.5) is 0 Å². The average Bonchev–Trinajstić information content (AvgIpc) is 2.26. The number of fused-ring (bicyclic) bond motifs is 1. The van der Waals surface area contributed by atoms with Crippen molar-refractivity contribution in [1.82, 2.24) is 5.48 Å². The lowest BCUT2D eigenvalue weighted by Crippen LogP contribution is -2.23. The molecule has 2 heteroatoms. The number of hydrogen-bond acceptors (Lipinski definition) is 2. The summed E-state index contributed by atoms with van der Waals surface area (Å²) in [6, 6.07) is 8.75. The second-order valence-corrected chi connectivity index (χ2v) is 3.84. The quantitative estimate of drug-likeness (QED) is 0.740. The third-order valence-corrected chi connectivity index (χ3v) is 2.97. The van der Waals surface area contributed by atoms with E-state index >= 15 is 0 Å². The first-order valence-corrected chi connectivity index (χ1v) is 5.25. The van der Waals surface area contributed by atoms with Crippen molar-refractivity contribution in [3.8, 4) is 0 Å². The molecule has 1 aliphatic rings. The maximum Gasteiger partial charge on any atom is 0.0572 e. The van der Waals surface area contributed by atoms with Gasteiger partial charge in [-0.2, -0.15) is 0 Å². The Kier molecular flexibility index (Phi) is 3.17. The van der Waals surface area contributed by atoms with Gasteiger partial charge in [-0.25, -0.2) is 5.48 Å². The van der Waals surface area contributed by atoms with Gasteiger partial charge in [0, 0.05) is 6.54 Å². The van der Waals surface area contributed by atoms with Crippen molar-refractivity contribution in [2.75, 3.05) is 13.7 Å². The Morgan fingerprint density at radius 1 is 1.43 bits per heavy atom. The molecule has 2 nitrogen and oxygen atoms in total. The number of aryl methyl sites for hydroxylation is 1. The van der Waals surface area contributed by atoms with Gasteiger partial charge in [-0.05, 0) is 36.3 Å². The Balaban J connectivity index is 2.14. The van der Waals surface area contributed by atoms with Gasteiger partial charge in [0.25, 0.3) is 0 Å². The second kappa shape index (κ2) is 4.58. The molecule has 1 aromatic rings. The molecule has 0 bridgehead atoms. The maximum absolute atomic E-state index is 4.91. The first kappa shape index (κ1) is 9.69. The Hall–Kier alpha value is -0.860. The van der Waals surface area contributed by atoms with E-state index in [2.05, 4.69) is 29.7 Å². The Morgan fingerprint density at radius 3 is 3.14 bits per heavy atom. The minimum absolute atomic E-state index is 0.625. The fraction of sp³-hybridized carbons (Fsp3) is 0.500. The van der Waals surface area contributed by atoms with Gasteiger partial charge in [-0.15, -0.1) is 0 Å². The lowest BCUT2D eigenvalue weighted by Gasteiger charge is -2.25. The normalized spacial score (nSPS) is 20.5. The van der Waals surface area contributed by atoms with Crippen LogP contribution in [0.15, 0.2) is 24.3 Å². The van der Waals surface area contributed by atoms with E-state index in [1.165, 1.54) is 30.4 Å². The molecular formula is C12H17NO. The molecule has 0 aromatic heterocycles. The topological polar surface area (TPSA) is 21.3 Å². The number of benzene rings is 1. The lowest BCUT2D eigenvalue weighted by molar-refractivity contribution is 0.0856. The zero-order valence-electron chi connectivity index (χ0n) is 8.62. The van der Waals surface area contributed by atoms with E-state index in [0.717, 1.165) is 6.54 Å². The van der Waals surface area contributed by atoms with E-state index in [0.29, 0.717) is 5.92 Å². The highest BCUT2D eigenvalue weighted by molar-refractivity contribution is 5.32. The summed E-state index contributed by atoms with van der Waals surface area (Å²) in [6.45, 7) is 0.924. The standard InChI is InChI=1S/C12H17NO/c1-14-13-9-11-7-4-6-10-5-2-3-8-12(10)11/h2-3,5,8,11,13H,4,6-7,9H2,1H3. The number of nitrogens with one attached hydrogen (secondary N) is 1. The lowest BCUT2D eigenvalue weighted by atomic mass is 9.83. The van der Waals surface area contributed by atoms with Crippen LogP contribution in [0.25, 0.3) is 0 Å². The molecule has 0 radical (unpaired) electrons. The SMILES string of the molecule is CONCC1CCCc2ccccc21. The summed E-state index contributed by atoms with van der Waals surface area (Å²) in [7, 11) is 1.68. The van der Waals surface area contributed by atoms with Crippen LogP contribution < -0.4 is 5.48 Å². The van der Waals surface area contributed by atoms with Crippen molar-refractivity contribution < 1.29 is 4.84 Å². The highest BCUT2D eigenvalue weighted by atomic mass is 16.6. The van der Waals surface area contributed by atoms with Gasteiger partial charge in [0.15, 0.2) is 0 Å². The van der Waals surface area contributed by atoms with Gasteiger partial charge in [0.2, 0.25) is 0 Å². The van der Waals surface area contributed by atoms with Crippen molar-refractivity contribution in [2.45, 2.75) is 25.2 Å². The minimum atomic E-state index is 0.625. The molecule has 0 saturated heterocycles. The molecule has 0 heterocycles. The Morgan fingerprint density at radius 2 is 2.29 bits per heavy atom. The van der Waals surface area contributed by atoms with Crippen LogP contribution in [-0.2, 0) is 11.3 Å². The van der Waals surface area contributed by atoms with Crippen LogP contribution in [0, 0.1) is 0 Å². The highest BCUT2D eigenvalue weighted by Crippen LogP contribution is 2.30. The van der Waals surface area contributed by atoms with Crippen LogP contribution in [0.5, 0.6) is 0 Å². The Labute approximate surface area is 85.2 Å². The van der Waals surface area contributed by atoms with E-state index in [1.807, 2.05) is 0 Å². The van der Waals surface area contributed by atoms with Gasteiger partial charge in [0.05, 0.1) is 7.11 Å². The molecule has 0 aliphatic heterocycles. The van der Waals surface area contributed by atoms with Crippen molar-refractivity contribution in [2.24, 2.45) is 0 Å². The summed E-state index contributed by atoms with van der Waals surface area (Å²) >= 11 is 0. The predicted octanol–water partition coefficient (Wildman–Crippen LogP) is 2.26. The van der Waals surface area contributed by atoms with E-state index in [9.17, 15) is 0 Å². The molecule has 0 spiro atoms. The second-order valence-electron chi connectivity index (χ2n) is 3.84. The molecule has 1 N–H and O–H groups in total. The van der Waals surface area contributed by atoms with Crippen LogP contribution >= 0.6 is 0 Å². The third-order valence-electron chi connectivity index (χ3n) is 2.97. The smallest absolute Gasteiger partial charge is 0.0572 e. The van der Waals surface area contributed by atoms with Gasteiger partial charge in [0.1, 0.15) is 0 Å². The highest BCUT2D eigenvalue weighted by Gasteiger charge is 2.18. The first-order valence-electron chi connectivity index (χ1n) is 5.25. The van der Waals surface area contributed by atoms with E-state index in [-0.39, 0.29) is 0 Å². The van der Waals surface area contributed by atoms with E-state index in [1.54, 1.807) is 7.11 Å².